The summed E-state index contributed by atoms with van der Waals surface area (Å²) in [5, 5.41) is 8.80. The highest BCUT2D eigenvalue weighted by Crippen LogP contribution is 2.18. The van der Waals surface area contributed by atoms with Crippen molar-refractivity contribution in [3.8, 4) is 0 Å². The normalized spacial score (nSPS) is 12.7. The van der Waals surface area contributed by atoms with E-state index in [0.717, 1.165) is 96.3 Å². The summed E-state index contributed by atoms with van der Waals surface area (Å²) >= 11 is 0. The first kappa shape index (κ1) is 43.9. The number of allylic oxidation sites excluding steroid dienone is 8. The molecule has 0 spiro atoms. The van der Waals surface area contributed by atoms with Crippen LogP contribution < -0.4 is 0 Å². The molecule has 0 aromatic carbocycles. The molecule has 0 amide bonds. The van der Waals surface area contributed by atoms with Crippen LogP contribution in [0.5, 0.6) is 0 Å². The number of rotatable bonds is 35. The predicted molar refractivity (Wildman–Crippen MR) is 199 cm³/mol. The fourth-order valence-corrected chi connectivity index (χ4v) is 5.64. The van der Waals surface area contributed by atoms with Gasteiger partial charge in [-0.2, -0.15) is 0 Å². The molecule has 4 heteroatoms. The molecule has 1 atom stereocenters. The highest BCUT2D eigenvalue weighted by Gasteiger charge is 2.14. The summed E-state index contributed by atoms with van der Waals surface area (Å²) in [6.45, 7) is 4.51. The molecule has 0 fully saturated rings. The molecule has 46 heavy (non-hydrogen) atoms. The van der Waals surface area contributed by atoms with Gasteiger partial charge in [0.1, 0.15) is 6.10 Å². The molecule has 0 aromatic rings. The van der Waals surface area contributed by atoms with Crippen molar-refractivity contribution >= 4 is 11.9 Å². The Kier molecular flexibility index (Phi) is 35.7. The lowest BCUT2D eigenvalue weighted by Crippen LogP contribution is -2.18. The summed E-state index contributed by atoms with van der Waals surface area (Å²) in [4.78, 5) is 23.3. The van der Waals surface area contributed by atoms with Crippen LogP contribution >= 0.6 is 0 Å². The predicted octanol–water partition coefficient (Wildman–Crippen LogP) is 13.6. The molecule has 0 aromatic heterocycles. The Morgan fingerprint density at radius 2 is 0.848 bits per heavy atom. The van der Waals surface area contributed by atoms with Crippen LogP contribution in [-0.2, 0) is 14.3 Å². The number of esters is 1. The van der Waals surface area contributed by atoms with Crippen LogP contribution in [0.3, 0.4) is 0 Å². The van der Waals surface area contributed by atoms with Crippen LogP contribution in [-0.4, -0.2) is 23.1 Å². The molecule has 0 saturated heterocycles. The summed E-state index contributed by atoms with van der Waals surface area (Å²) in [7, 11) is 0. The highest BCUT2D eigenvalue weighted by atomic mass is 16.5. The quantitative estimate of drug-likeness (QED) is 0.0424. The van der Waals surface area contributed by atoms with Gasteiger partial charge in [0.25, 0.3) is 0 Å². The topological polar surface area (TPSA) is 63.6 Å². The van der Waals surface area contributed by atoms with Gasteiger partial charge in [0.05, 0.1) is 0 Å². The van der Waals surface area contributed by atoms with E-state index < -0.39 is 5.97 Å². The van der Waals surface area contributed by atoms with Gasteiger partial charge in [0, 0.05) is 12.8 Å². The summed E-state index contributed by atoms with van der Waals surface area (Å²) < 4.78 is 5.97. The van der Waals surface area contributed by atoms with Gasteiger partial charge in [-0.3, -0.25) is 9.59 Å². The van der Waals surface area contributed by atoms with Gasteiger partial charge in [-0.15, -0.1) is 0 Å². The van der Waals surface area contributed by atoms with Crippen molar-refractivity contribution in [3.05, 3.63) is 48.6 Å². The zero-order chi connectivity index (χ0) is 33.6. The van der Waals surface area contributed by atoms with Gasteiger partial charge in [0.15, 0.2) is 0 Å². The zero-order valence-corrected chi connectivity index (χ0v) is 30.4. The first-order valence-corrected chi connectivity index (χ1v) is 19.6. The van der Waals surface area contributed by atoms with Crippen LogP contribution in [0, 0.1) is 0 Å². The Morgan fingerprint density at radius 3 is 1.35 bits per heavy atom. The second-order valence-electron chi connectivity index (χ2n) is 13.1. The van der Waals surface area contributed by atoms with Crippen molar-refractivity contribution in [2.75, 3.05) is 0 Å². The molecule has 266 valence electrons. The molecule has 0 aliphatic carbocycles. The van der Waals surface area contributed by atoms with E-state index >= 15 is 0 Å². The Labute approximate surface area is 285 Å². The van der Waals surface area contributed by atoms with Crippen molar-refractivity contribution in [1.29, 1.82) is 0 Å². The lowest BCUT2D eigenvalue weighted by molar-refractivity contribution is -0.150. The number of carboxylic acid groups (broad SMARTS) is 1. The zero-order valence-electron chi connectivity index (χ0n) is 30.4. The third kappa shape index (κ3) is 36.4. The van der Waals surface area contributed by atoms with Gasteiger partial charge < -0.3 is 9.84 Å². The molecule has 0 aliphatic rings. The maximum atomic E-state index is 12.6. The fourth-order valence-electron chi connectivity index (χ4n) is 5.64. The van der Waals surface area contributed by atoms with E-state index in [2.05, 4.69) is 62.5 Å². The third-order valence-corrected chi connectivity index (χ3v) is 8.55. The van der Waals surface area contributed by atoms with E-state index in [1.165, 1.54) is 77.0 Å². The summed E-state index contributed by atoms with van der Waals surface area (Å²) in [6, 6.07) is 0. The van der Waals surface area contributed by atoms with Crippen molar-refractivity contribution in [2.45, 2.75) is 206 Å². The number of carboxylic acids is 1. The number of unbranched alkanes of at least 4 members (excludes halogenated alkanes) is 18. The summed E-state index contributed by atoms with van der Waals surface area (Å²) in [5.74, 6) is -0.733. The second-order valence-corrected chi connectivity index (χ2v) is 13.1. The Morgan fingerprint density at radius 1 is 0.478 bits per heavy atom. The molecule has 0 radical (unpaired) electrons. The number of hydrogen-bond acceptors (Lipinski definition) is 3. The Hall–Kier alpha value is -2.10. The van der Waals surface area contributed by atoms with Gasteiger partial charge in [0.2, 0.25) is 0 Å². The lowest BCUT2D eigenvalue weighted by Gasteiger charge is -2.18. The van der Waals surface area contributed by atoms with Gasteiger partial charge in [-0.1, -0.05) is 152 Å². The number of hydrogen-bond donors (Lipinski definition) is 1. The first-order valence-electron chi connectivity index (χ1n) is 19.6. The average molecular weight is 643 g/mol. The smallest absolute Gasteiger partial charge is 0.306 e. The fraction of sp³-hybridized carbons (Fsp3) is 0.762. The van der Waals surface area contributed by atoms with E-state index in [1.807, 2.05) is 0 Å². The molecule has 0 rings (SSSR count). The van der Waals surface area contributed by atoms with Crippen molar-refractivity contribution in [3.63, 3.8) is 0 Å². The van der Waals surface area contributed by atoms with Crippen LogP contribution in [0.4, 0.5) is 0 Å². The van der Waals surface area contributed by atoms with Crippen LogP contribution in [0.25, 0.3) is 0 Å². The molecular weight excluding hydrogens is 568 g/mol. The van der Waals surface area contributed by atoms with Gasteiger partial charge >= 0.3 is 11.9 Å². The van der Waals surface area contributed by atoms with E-state index in [0.29, 0.717) is 6.42 Å². The Bertz CT molecular complexity index is 779. The maximum absolute atomic E-state index is 12.6. The minimum Gasteiger partial charge on any atom is -0.481 e. The van der Waals surface area contributed by atoms with E-state index in [-0.39, 0.29) is 18.5 Å². The lowest BCUT2D eigenvalue weighted by atomic mass is 10.0. The number of ether oxygens (including phenoxy) is 1. The second kappa shape index (κ2) is 37.4. The molecular formula is C42H74O4. The molecule has 0 heterocycles. The average Bonchev–Trinajstić information content (AvgIpc) is 3.04. The molecule has 1 N–H and O–H groups in total. The molecule has 1 unspecified atom stereocenters. The van der Waals surface area contributed by atoms with Crippen LogP contribution in [0.15, 0.2) is 48.6 Å². The maximum Gasteiger partial charge on any atom is 0.306 e. The first-order chi connectivity index (χ1) is 22.6. The van der Waals surface area contributed by atoms with Crippen molar-refractivity contribution in [1.82, 2.24) is 0 Å². The van der Waals surface area contributed by atoms with Crippen LogP contribution in [0.1, 0.15) is 200 Å². The van der Waals surface area contributed by atoms with E-state index in [9.17, 15) is 9.59 Å². The molecule has 4 nitrogen and oxygen atoms in total. The monoisotopic (exact) mass is 643 g/mol. The van der Waals surface area contributed by atoms with Crippen molar-refractivity contribution in [2.24, 2.45) is 0 Å². The van der Waals surface area contributed by atoms with Crippen LogP contribution in [0.2, 0.25) is 0 Å². The third-order valence-electron chi connectivity index (χ3n) is 8.55. The van der Waals surface area contributed by atoms with E-state index in [4.69, 9.17) is 9.84 Å². The highest BCUT2D eigenvalue weighted by molar-refractivity contribution is 5.69. The molecule has 0 bridgehead atoms. The van der Waals surface area contributed by atoms with E-state index in [1.54, 1.807) is 0 Å². The van der Waals surface area contributed by atoms with Gasteiger partial charge in [-0.05, 0) is 83.5 Å². The SMILES string of the molecule is CCCCC/C=C\C/C=C\C/C=C\C/C=C\CCCCCC(=O)OC(CCCCCCCCCCC)CCCCCCCC(=O)O. The molecule has 0 saturated carbocycles. The summed E-state index contributed by atoms with van der Waals surface area (Å²) in [5.41, 5.74) is 0. The van der Waals surface area contributed by atoms with Gasteiger partial charge in [-0.25, -0.2) is 0 Å². The largest absolute Gasteiger partial charge is 0.481 e. The minimum absolute atomic E-state index is 0.0277. The standard InChI is InChI=1S/C42H74O4/c1-3-5-7-9-11-13-14-15-16-17-18-19-20-21-22-24-26-31-35-39-42(45)46-40(37-33-29-27-30-34-38-41(43)44)36-32-28-25-23-12-10-8-6-4-2/h11,13,15-16,18-19,21-22,40H,3-10,12,14,17,20,23-39H2,1-2H3,(H,43,44)/b13-11-,16-15-,19-18-,22-21-. The summed E-state index contributed by atoms with van der Waals surface area (Å²) in [6.07, 6.45) is 49.8. The number of carbonyl (C=O) groups excluding carboxylic acids is 1. The number of carbonyl (C=O) groups is 2. The molecule has 0 aliphatic heterocycles. The Balaban J connectivity index is 4.06. The van der Waals surface area contributed by atoms with Crippen molar-refractivity contribution < 1.29 is 19.4 Å². The number of aliphatic carboxylic acids is 1. The minimum atomic E-state index is -0.705.